The standard InChI is InChI=1S/C17H16FN3/c1-12-6-8-13(9-7-12)10-21(2)17-14-4-3-5-15(18)16(14)19-11-20-17/h3-9,11H,10H2,1-2H3. The summed E-state index contributed by atoms with van der Waals surface area (Å²) in [5.74, 6) is 0.417. The molecule has 0 atom stereocenters. The second-order valence-corrected chi connectivity index (χ2v) is 5.17. The van der Waals surface area contributed by atoms with Gasteiger partial charge in [0.05, 0.1) is 0 Å². The summed E-state index contributed by atoms with van der Waals surface area (Å²) in [4.78, 5) is 10.3. The predicted octanol–water partition coefficient (Wildman–Crippen LogP) is 3.71. The van der Waals surface area contributed by atoms with Crippen molar-refractivity contribution in [2.75, 3.05) is 11.9 Å². The molecule has 0 N–H and O–H groups in total. The highest BCUT2D eigenvalue weighted by Gasteiger charge is 2.11. The van der Waals surface area contributed by atoms with Crippen molar-refractivity contribution in [3.8, 4) is 0 Å². The number of benzene rings is 2. The Morgan fingerprint density at radius 3 is 2.57 bits per heavy atom. The smallest absolute Gasteiger partial charge is 0.149 e. The van der Waals surface area contributed by atoms with Crippen LogP contribution >= 0.6 is 0 Å². The molecule has 3 aromatic rings. The Balaban J connectivity index is 1.96. The predicted molar refractivity (Wildman–Crippen MR) is 82.8 cm³/mol. The fourth-order valence-electron chi connectivity index (χ4n) is 2.38. The number of para-hydroxylation sites is 1. The van der Waals surface area contributed by atoms with E-state index in [4.69, 9.17) is 0 Å². The highest BCUT2D eigenvalue weighted by molar-refractivity contribution is 5.89. The first kappa shape index (κ1) is 13.5. The first-order valence-corrected chi connectivity index (χ1v) is 6.81. The van der Waals surface area contributed by atoms with Crippen LogP contribution in [0.15, 0.2) is 48.8 Å². The summed E-state index contributed by atoms with van der Waals surface area (Å²) in [5.41, 5.74) is 2.78. The van der Waals surface area contributed by atoms with Crippen LogP contribution in [0.1, 0.15) is 11.1 Å². The summed E-state index contributed by atoms with van der Waals surface area (Å²) in [6.45, 7) is 2.77. The highest BCUT2D eigenvalue weighted by Crippen LogP contribution is 2.24. The van der Waals surface area contributed by atoms with Crippen molar-refractivity contribution >= 4 is 16.7 Å². The molecule has 0 aliphatic heterocycles. The van der Waals surface area contributed by atoms with E-state index in [1.165, 1.54) is 23.5 Å². The highest BCUT2D eigenvalue weighted by atomic mass is 19.1. The Morgan fingerprint density at radius 1 is 1.05 bits per heavy atom. The summed E-state index contributed by atoms with van der Waals surface area (Å²) in [6.07, 6.45) is 1.41. The van der Waals surface area contributed by atoms with Gasteiger partial charge in [-0.2, -0.15) is 0 Å². The molecule has 0 spiro atoms. The number of aromatic nitrogens is 2. The molecule has 21 heavy (non-hydrogen) atoms. The van der Waals surface area contributed by atoms with Crippen LogP contribution in [-0.2, 0) is 6.54 Å². The molecular formula is C17H16FN3. The average Bonchev–Trinajstić information content (AvgIpc) is 2.49. The van der Waals surface area contributed by atoms with Crippen LogP contribution in [0.4, 0.5) is 10.2 Å². The molecule has 1 heterocycles. The number of nitrogens with zero attached hydrogens (tertiary/aromatic N) is 3. The molecule has 0 unspecified atom stereocenters. The Morgan fingerprint density at radius 2 is 1.81 bits per heavy atom. The lowest BCUT2D eigenvalue weighted by atomic mass is 10.1. The molecule has 4 heteroatoms. The molecule has 0 fully saturated rings. The van der Waals surface area contributed by atoms with Gasteiger partial charge in [-0.1, -0.05) is 35.9 Å². The van der Waals surface area contributed by atoms with Crippen molar-refractivity contribution in [1.82, 2.24) is 9.97 Å². The molecule has 0 radical (unpaired) electrons. The number of hydrogen-bond acceptors (Lipinski definition) is 3. The van der Waals surface area contributed by atoms with E-state index in [-0.39, 0.29) is 5.82 Å². The van der Waals surface area contributed by atoms with E-state index in [0.29, 0.717) is 12.1 Å². The fraction of sp³-hybridized carbons (Fsp3) is 0.176. The molecule has 0 saturated carbocycles. The molecule has 0 amide bonds. The Bertz CT molecular complexity index is 769. The Kier molecular flexibility index (Phi) is 3.52. The zero-order valence-corrected chi connectivity index (χ0v) is 12.0. The van der Waals surface area contributed by atoms with E-state index < -0.39 is 0 Å². The zero-order valence-electron chi connectivity index (χ0n) is 12.0. The van der Waals surface area contributed by atoms with Gasteiger partial charge in [0.1, 0.15) is 23.5 Å². The van der Waals surface area contributed by atoms with E-state index in [2.05, 4.69) is 41.2 Å². The lowest BCUT2D eigenvalue weighted by molar-refractivity contribution is 0.636. The fourth-order valence-corrected chi connectivity index (χ4v) is 2.38. The van der Waals surface area contributed by atoms with Gasteiger partial charge in [0.25, 0.3) is 0 Å². The van der Waals surface area contributed by atoms with Gasteiger partial charge in [-0.05, 0) is 24.6 Å². The Hall–Kier alpha value is -2.49. The van der Waals surface area contributed by atoms with Crippen molar-refractivity contribution in [2.45, 2.75) is 13.5 Å². The number of anilines is 1. The van der Waals surface area contributed by atoms with Gasteiger partial charge in [-0.25, -0.2) is 14.4 Å². The quantitative estimate of drug-likeness (QED) is 0.732. The number of hydrogen-bond donors (Lipinski definition) is 0. The van der Waals surface area contributed by atoms with Crippen LogP contribution in [0.5, 0.6) is 0 Å². The molecule has 0 aliphatic carbocycles. The monoisotopic (exact) mass is 281 g/mol. The molecule has 1 aromatic heterocycles. The van der Waals surface area contributed by atoms with Crippen molar-refractivity contribution < 1.29 is 4.39 Å². The lowest BCUT2D eigenvalue weighted by Gasteiger charge is -2.19. The summed E-state index contributed by atoms with van der Waals surface area (Å²) in [7, 11) is 1.95. The van der Waals surface area contributed by atoms with E-state index in [0.717, 1.165) is 11.2 Å². The van der Waals surface area contributed by atoms with Crippen molar-refractivity contribution in [2.24, 2.45) is 0 Å². The summed E-state index contributed by atoms with van der Waals surface area (Å²) in [6, 6.07) is 13.3. The number of fused-ring (bicyclic) bond motifs is 1. The number of halogens is 1. The molecule has 0 bridgehead atoms. The first-order chi connectivity index (χ1) is 10.1. The normalized spacial score (nSPS) is 10.8. The van der Waals surface area contributed by atoms with Crippen LogP contribution in [-0.4, -0.2) is 17.0 Å². The minimum atomic E-state index is -0.320. The van der Waals surface area contributed by atoms with Crippen molar-refractivity contribution in [3.05, 3.63) is 65.7 Å². The SMILES string of the molecule is Cc1ccc(CN(C)c2ncnc3c(F)cccc23)cc1. The van der Waals surface area contributed by atoms with Crippen LogP contribution < -0.4 is 4.90 Å². The number of rotatable bonds is 3. The summed E-state index contributed by atoms with van der Waals surface area (Å²) < 4.78 is 13.8. The van der Waals surface area contributed by atoms with Crippen LogP contribution in [0.3, 0.4) is 0 Å². The van der Waals surface area contributed by atoms with Gasteiger partial charge in [-0.3, -0.25) is 0 Å². The maximum atomic E-state index is 13.8. The average molecular weight is 281 g/mol. The molecule has 106 valence electrons. The summed E-state index contributed by atoms with van der Waals surface area (Å²) >= 11 is 0. The maximum absolute atomic E-state index is 13.8. The van der Waals surface area contributed by atoms with E-state index >= 15 is 0 Å². The minimum absolute atomic E-state index is 0.320. The first-order valence-electron chi connectivity index (χ1n) is 6.81. The van der Waals surface area contributed by atoms with E-state index in [1.807, 2.05) is 18.0 Å². The van der Waals surface area contributed by atoms with Gasteiger partial charge in [0.2, 0.25) is 0 Å². The van der Waals surface area contributed by atoms with E-state index in [9.17, 15) is 4.39 Å². The molecule has 0 saturated heterocycles. The Labute approximate surface area is 123 Å². The molecule has 3 rings (SSSR count). The lowest BCUT2D eigenvalue weighted by Crippen LogP contribution is -2.18. The van der Waals surface area contributed by atoms with Crippen LogP contribution in [0.2, 0.25) is 0 Å². The zero-order chi connectivity index (χ0) is 14.8. The summed E-state index contributed by atoms with van der Waals surface area (Å²) in [5, 5.41) is 0.729. The van der Waals surface area contributed by atoms with Gasteiger partial charge in [-0.15, -0.1) is 0 Å². The third kappa shape index (κ3) is 2.70. The third-order valence-corrected chi connectivity index (χ3v) is 3.50. The second-order valence-electron chi connectivity index (χ2n) is 5.17. The van der Waals surface area contributed by atoms with Crippen molar-refractivity contribution in [3.63, 3.8) is 0 Å². The number of aryl methyl sites for hydroxylation is 1. The van der Waals surface area contributed by atoms with Crippen LogP contribution in [0.25, 0.3) is 10.9 Å². The van der Waals surface area contributed by atoms with Gasteiger partial charge in [0.15, 0.2) is 0 Å². The molecule has 3 nitrogen and oxygen atoms in total. The molecular weight excluding hydrogens is 265 g/mol. The van der Waals surface area contributed by atoms with Gasteiger partial charge < -0.3 is 4.90 Å². The molecule has 0 aliphatic rings. The van der Waals surface area contributed by atoms with E-state index in [1.54, 1.807) is 6.07 Å². The third-order valence-electron chi connectivity index (χ3n) is 3.50. The topological polar surface area (TPSA) is 29.0 Å². The van der Waals surface area contributed by atoms with Crippen molar-refractivity contribution in [1.29, 1.82) is 0 Å². The maximum Gasteiger partial charge on any atom is 0.149 e. The minimum Gasteiger partial charge on any atom is -0.355 e. The molecule has 2 aromatic carbocycles. The largest absolute Gasteiger partial charge is 0.355 e. The van der Waals surface area contributed by atoms with Crippen LogP contribution in [0, 0.1) is 12.7 Å². The van der Waals surface area contributed by atoms with Gasteiger partial charge >= 0.3 is 0 Å². The van der Waals surface area contributed by atoms with Gasteiger partial charge in [0, 0.05) is 19.0 Å². The second kappa shape index (κ2) is 5.48.